The molecule has 1 fully saturated rings. The largest absolute Gasteiger partial charge is 0.0802 e. The van der Waals surface area contributed by atoms with Crippen LogP contribution in [0.1, 0.15) is 23.5 Å². The van der Waals surface area contributed by atoms with Crippen molar-refractivity contribution in [2.45, 2.75) is 12.3 Å². The quantitative estimate of drug-likeness (QED) is 0.576. The van der Waals surface area contributed by atoms with Crippen LogP contribution in [0.25, 0.3) is 16.8 Å². The maximum absolute atomic E-state index is 2.37. The minimum atomic E-state index is 0.700. The zero-order valence-corrected chi connectivity index (χ0v) is 11.9. The topological polar surface area (TPSA) is 0 Å². The van der Waals surface area contributed by atoms with Gasteiger partial charge in [0.1, 0.15) is 0 Å². The Morgan fingerprint density at radius 3 is 2.38 bits per heavy atom. The predicted octanol–water partition coefficient (Wildman–Crippen LogP) is 5.66. The van der Waals surface area contributed by atoms with E-state index in [9.17, 15) is 0 Å². The first-order valence-corrected chi connectivity index (χ1v) is 7.62. The van der Waals surface area contributed by atoms with E-state index in [2.05, 4.69) is 84.9 Å². The Morgan fingerprint density at radius 2 is 1.52 bits per heavy atom. The molecule has 1 aliphatic rings. The Morgan fingerprint density at radius 1 is 0.762 bits per heavy atom. The lowest BCUT2D eigenvalue weighted by atomic mass is 10.0. The van der Waals surface area contributed by atoms with E-state index in [0.717, 1.165) is 0 Å². The monoisotopic (exact) mass is 270 g/mol. The number of hydrogen-bond acceptors (Lipinski definition) is 0. The van der Waals surface area contributed by atoms with E-state index in [-0.39, 0.29) is 0 Å². The van der Waals surface area contributed by atoms with Gasteiger partial charge in [0.05, 0.1) is 0 Å². The summed E-state index contributed by atoms with van der Waals surface area (Å²) in [6.45, 7) is 0. The summed E-state index contributed by atoms with van der Waals surface area (Å²) in [7, 11) is 0. The van der Waals surface area contributed by atoms with Crippen molar-refractivity contribution < 1.29 is 0 Å². The van der Waals surface area contributed by atoms with Crippen molar-refractivity contribution in [3.63, 3.8) is 0 Å². The molecule has 0 N–H and O–H groups in total. The SMILES string of the molecule is C(=C\[C@H]1C[C@H]1c1ccc2ccccc2c1)/c1ccccc1. The zero-order chi connectivity index (χ0) is 14.1. The third-order valence-corrected chi connectivity index (χ3v) is 4.38. The van der Waals surface area contributed by atoms with Crippen molar-refractivity contribution in [1.82, 2.24) is 0 Å². The highest BCUT2D eigenvalue weighted by Gasteiger charge is 2.35. The third kappa shape index (κ3) is 2.62. The fourth-order valence-electron chi connectivity index (χ4n) is 3.05. The van der Waals surface area contributed by atoms with Gasteiger partial charge in [-0.1, -0.05) is 84.9 Å². The lowest BCUT2D eigenvalue weighted by Gasteiger charge is -2.02. The molecule has 0 saturated heterocycles. The number of fused-ring (bicyclic) bond motifs is 1. The molecule has 0 unspecified atom stereocenters. The van der Waals surface area contributed by atoms with Crippen LogP contribution in [-0.4, -0.2) is 0 Å². The highest BCUT2D eigenvalue weighted by Crippen LogP contribution is 2.49. The molecule has 0 nitrogen and oxygen atoms in total. The summed E-state index contributed by atoms with van der Waals surface area (Å²) in [5, 5.41) is 2.69. The Labute approximate surface area is 125 Å². The molecule has 0 amide bonds. The van der Waals surface area contributed by atoms with Gasteiger partial charge in [-0.3, -0.25) is 0 Å². The predicted molar refractivity (Wildman–Crippen MR) is 90.3 cm³/mol. The average molecular weight is 270 g/mol. The van der Waals surface area contributed by atoms with Crippen molar-refractivity contribution in [1.29, 1.82) is 0 Å². The standard InChI is InChI=1S/C21H18/c1-2-6-16(7-3-1)10-11-20-15-21(20)19-13-12-17-8-4-5-9-18(17)14-19/h1-14,20-21H,15H2/b11-10+/t20-,21-/m0/s1. The second kappa shape index (κ2) is 5.21. The smallest absolute Gasteiger partial charge is 0.00926 e. The molecule has 21 heavy (non-hydrogen) atoms. The minimum absolute atomic E-state index is 0.700. The van der Waals surface area contributed by atoms with Gasteiger partial charge in [-0.2, -0.15) is 0 Å². The van der Waals surface area contributed by atoms with Gasteiger partial charge in [0.2, 0.25) is 0 Å². The summed E-state index contributed by atoms with van der Waals surface area (Å²) in [5.41, 5.74) is 2.78. The molecule has 0 heterocycles. The molecule has 0 bridgehead atoms. The second-order valence-corrected chi connectivity index (χ2v) is 5.88. The first kappa shape index (κ1) is 12.4. The van der Waals surface area contributed by atoms with Crippen molar-refractivity contribution in [2.75, 3.05) is 0 Å². The maximum atomic E-state index is 2.37. The van der Waals surface area contributed by atoms with Crippen molar-refractivity contribution in [2.24, 2.45) is 5.92 Å². The molecule has 0 radical (unpaired) electrons. The van der Waals surface area contributed by atoms with E-state index in [4.69, 9.17) is 0 Å². The van der Waals surface area contributed by atoms with E-state index in [1.807, 2.05) is 0 Å². The Bertz CT molecular complexity index is 783. The van der Waals surface area contributed by atoms with Crippen LogP contribution < -0.4 is 0 Å². The third-order valence-electron chi connectivity index (χ3n) is 4.38. The molecule has 3 aromatic rings. The van der Waals surface area contributed by atoms with E-state index in [0.29, 0.717) is 11.8 Å². The number of hydrogen-bond donors (Lipinski definition) is 0. The van der Waals surface area contributed by atoms with Crippen LogP contribution in [0, 0.1) is 5.92 Å². The lowest BCUT2D eigenvalue weighted by Crippen LogP contribution is -1.82. The van der Waals surface area contributed by atoms with Crippen LogP contribution in [0.15, 0.2) is 78.9 Å². The van der Waals surface area contributed by atoms with Gasteiger partial charge in [0.15, 0.2) is 0 Å². The van der Waals surface area contributed by atoms with Crippen LogP contribution >= 0.6 is 0 Å². The van der Waals surface area contributed by atoms with Gasteiger partial charge in [0, 0.05) is 0 Å². The minimum Gasteiger partial charge on any atom is -0.0802 e. The molecule has 0 spiro atoms. The van der Waals surface area contributed by atoms with Crippen molar-refractivity contribution in [3.8, 4) is 0 Å². The zero-order valence-electron chi connectivity index (χ0n) is 11.9. The highest BCUT2D eigenvalue weighted by molar-refractivity contribution is 5.83. The first-order chi connectivity index (χ1) is 10.4. The Kier molecular flexibility index (Phi) is 3.08. The molecule has 0 heteroatoms. The first-order valence-electron chi connectivity index (χ1n) is 7.62. The lowest BCUT2D eigenvalue weighted by molar-refractivity contribution is 1.02. The van der Waals surface area contributed by atoms with Crippen LogP contribution in [-0.2, 0) is 0 Å². The maximum Gasteiger partial charge on any atom is -0.00926 e. The summed E-state index contributed by atoms with van der Waals surface area (Å²) in [6, 6.07) is 26.1. The fourth-order valence-corrected chi connectivity index (χ4v) is 3.05. The van der Waals surface area contributed by atoms with Crippen LogP contribution in [0.4, 0.5) is 0 Å². The summed E-state index contributed by atoms with van der Waals surface area (Å²) in [4.78, 5) is 0. The molecule has 1 aliphatic carbocycles. The Hall–Kier alpha value is -2.34. The Balaban J connectivity index is 1.52. The summed E-state index contributed by atoms with van der Waals surface area (Å²) >= 11 is 0. The average Bonchev–Trinajstić information content (AvgIpc) is 3.33. The molecule has 3 aromatic carbocycles. The van der Waals surface area contributed by atoms with Gasteiger partial charge in [0.25, 0.3) is 0 Å². The number of benzene rings is 3. The van der Waals surface area contributed by atoms with Crippen LogP contribution in [0.3, 0.4) is 0 Å². The molecule has 1 saturated carbocycles. The highest BCUT2D eigenvalue weighted by atomic mass is 14.4. The van der Waals surface area contributed by atoms with E-state index in [1.54, 1.807) is 0 Å². The second-order valence-electron chi connectivity index (χ2n) is 5.88. The van der Waals surface area contributed by atoms with Crippen molar-refractivity contribution in [3.05, 3.63) is 90.0 Å². The molecule has 102 valence electrons. The van der Waals surface area contributed by atoms with E-state index >= 15 is 0 Å². The van der Waals surface area contributed by atoms with Gasteiger partial charge >= 0.3 is 0 Å². The normalized spacial score (nSPS) is 21.0. The molecule has 0 aromatic heterocycles. The fraction of sp³-hybridized carbons (Fsp3) is 0.143. The van der Waals surface area contributed by atoms with Gasteiger partial charge < -0.3 is 0 Å². The molecule has 2 atom stereocenters. The van der Waals surface area contributed by atoms with Crippen LogP contribution in [0.2, 0.25) is 0 Å². The number of rotatable bonds is 3. The summed E-state index contributed by atoms with van der Waals surface area (Å²) in [5.74, 6) is 1.40. The van der Waals surface area contributed by atoms with Crippen molar-refractivity contribution >= 4 is 16.8 Å². The van der Waals surface area contributed by atoms with Gasteiger partial charge in [-0.05, 0) is 40.2 Å². The van der Waals surface area contributed by atoms with E-state index in [1.165, 1.54) is 28.3 Å². The summed E-state index contributed by atoms with van der Waals surface area (Å²) < 4.78 is 0. The molecule has 4 rings (SSSR count). The number of allylic oxidation sites excluding steroid dienone is 1. The molecule has 0 aliphatic heterocycles. The van der Waals surface area contributed by atoms with E-state index < -0.39 is 0 Å². The van der Waals surface area contributed by atoms with Gasteiger partial charge in [-0.15, -0.1) is 0 Å². The van der Waals surface area contributed by atoms with Gasteiger partial charge in [-0.25, -0.2) is 0 Å². The van der Waals surface area contributed by atoms with Crippen LogP contribution in [0.5, 0.6) is 0 Å². The molecular formula is C21H18. The summed E-state index contributed by atoms with van der Waals surface area (Å²) in [6.07, 6.45) is 5.91. The molecular weight excluding hydrogens is 252 g/mol.